The Morgan fingerprint density at radius 2 is 1.39 bits per heavy atom. The van der Waals surface area contributed by atoms with E-state index in [1.54, 1.807) is 22.9 Å². The van der Waals surface area contributed by atoms with Crippen LogP contribution in [0, 0.1) is 12.7 Å². The van der Waals surface area contributed by atoms with Gasteiger partial charge in [-0.05, 0) is 53.9 Å². The van der Waals surface area contributed by atoms with Crippen molar-refractivity contribution in [1.82, 2.24) is 4.90 Å². The number of aryl methyl sites for hydroxylation is 1. The van der Waals surface area contributed by atoms with E-state index in [1.807, 2.05) is 85.8 Å². The van der Waals surface area contributed by atoms with E-state index in [1.165, 1.54) is 18.2 Å². The maximum absolute atomic E-state index is 13.9. The summed E-state index contributed by atoms with van der Waals surface area (Å²) in [5.41, 5.74) is 4.87. The SMILES string of the molecule is Cc1ccc(CN(C(=O)c2cccc(F)c2)c2cccc(CC(=O)N(C)Cc3ccccc3)c2)cc1. The number of rotatable bonds is 8. The first-order valence-corrected chi connectivity index (χ1v) is 11.9. The highest BCUT2D eigenvalue weighted by molar-refractivity contribution is 6.06. The van der Waals surface area contributed by atoms with E-state index in [0.717, 1.165) is 22.3 Å². The first-order chi connectivity index (χ1) is 17.4. The Balaban J connectivity index is 1.58. The lowest BCUT2D eigenvalue weighted by Gasteiger charge is -2.24. The predicted octanol–water partition coefficient (Wildman–Crippen LogP) is 6.18. The number of amides is 2. The molecule has 0 aromatic heterocycles. The molecule has 0 saturated heterocycles. The molecule has 0 N–H and O–H groups in total. The van der Waals surface area contributed by atoms with Gasteiger partial charge in [-0.2, -0.15) is 0 Å². The Morgan fingerprint density at radius 3 is 2.11 bits per heavy atom. The Bertz CT molecular complexity index is 1340. The molecule has 0 aliphatic carbocycles. The average Bonchev–Trinajstić information content (AvgIpc) is 2.88. The van der Waals surface area contributed by atoms with Gasteiger partial charge in [-0.3, -0.25) is 9.59 Å². The van der Waals surface area contributed by atoms with Gasteiger partial charge in [0.2, 0.25) is 5.91 Å². The lowest BCUT2D eigenvalue weighted by Crippen LogP contribution is -2.31. The number of halogens is 1. The molecule has 0 bridgehead atoms. The van der Waals surface area contributed by atoms with Crippen LogP contribution in [0.15, 0.2) is 103 Å². The highest BCUT2D eigenvalue weighted by Gasteiger charge is 2.20. The minimum atomic E-state index is -0.461. The van der Waals surface area contributed by atoms with Crippen molar-refractivity contribution in [2.45, 2.75) is 26.4 Å². The van der Waals surface area contributed by atoms with Gasteiger partial charge < -0.3 is 9.80 Å². The van der Waals surface area contributed by atoms with Crippen LogP contribution in [-0.2, 0) is 24.3 Å². The summed E-state index contributed by atoms with van der Waals surface area (Å²) in [4.78, 5) is 29.7. The quantitative estimate of drug-likeness (QED) is 0.302. The van der Waals surface area contributed by atoms with Crippen molar-refractivity contribution < 1.29 is 14.0 Å². The van der Waals surface area contributed by atoms with Crippen LogP contribution >= 0.6 is 0 Å². The fourth-order valence-corrected chi connectivity index (χ4v) is 4.02. The summed E-state index contributed by atoms with van der Waals surface area (Å²) in [5, 5.41) is 0. The van der Waals surface area contributed by atoms with Gasteiger partial charge in [-0.25, -0.2) is 4.39 Å². The van der Waals surface area contributed by atoms with Crippen molar-refractivity contribution in [2.75, 3.05) is 11.9 Å². The van der Waals surface area contributed by atoms with Crippen molar-refractivity contribution >= 4 is 17.5 Å². The van der Waals surface area contributed by atoms with Gasteiger partial charge in [-0.1, -0.05) is 78.4 Å². The molecule has 4 rings (SSSR count). The number of carbonyl (C=O) groups excluding carboxylic acids is 2. The standard InChI is InChI=1S/C31H29FN2O2/c1-23-14-16-25(17-15-23)22-34(31(36)27-11-7-12-28(32)20-27)29-13-6-10-26(18-29)19-30(35)33(2)21-24-8-4-3-5-9-24/h3-18,20H,19,21-22H2,1-2H3. The van der Waals surface area contributed by atoms with E-state index >= 15 is 0 Å². The molecule has 4 nitrogen and oxygen atoms in total. The average molecular weight is 481 g/mol. The molecule has 36 heavy (non-hydrogen) atoms. The fraction of sp³-hybridized carbons (Fsp3) is 0.161. The summed E-state index contributed by atoms with van der Waals surface area (Å²) in [6.07, 6.45) is 0.212. The van der Waals surface area contributed by atoms with E-state index < -0.39 is 5.82 Å². The number of benzene rings is 4. The second kappa shape index (κ2) is 11.5. The van der Waals surface area contributed by atoms with Gasteiger partial charge in [0, 0.05) is 24.8 Å². The molecule has 0 aliphatic heterocycles. The number of anilines is 1. The third-order valence-electron chi connectivity index (χ3n) is 6.04. The maximum Gasteiger partial charge on any atom is 0.258 e. The monoisotopic (exact) mass is 480 g/mol. The van der Waals surface area contributed by atoms with Gasteiger partial charge in [0.05, 0.1) is 13.0 Å². The van der Waals surface area contributed by atoms with Crippen LogP contribution in [-0.4, -0.2) is 23.8 Å². The van der Waals surface area contributed by atoms with Crippen molar-refractivity contribution in [1.29, 1.82) is 0 Å². The van der Waals surface area contributed by atoms with Crippen LogP contribution in [0.25, 0.3) is 0 Å². The molecule has 0 spiro atoms. The second-order valence-corrected chi connectivity index (χ2v) is 8.97. The zero-order chi connectivity index (χ0) is 25.5. The van der Waals surface area contributed by atoms with Crippen LogP contribution in [0.4, 0.5) is 10.1 Å². The van der Waals surface area contributed by atoms with Crippen LogP contribution in [0.3, 0.4) is 0 Å². The normalized spacial score (nSPS) is 10.6. The lowest BCUT2D eigenvalue weighted by atomic mass is 10.1. The smallest absolute Gasteiger partial charge is 0.258 e. The Hall–Kier alpha value is -4.25. The lowest BCUT2D eigenvalue weighted by molar-refractivity contribution is -0.129. The number of hydrogen-bond donors (Lipinski definition) is 0. The Morgan fingerprint density at radius 1 is 0.722 bits per heavy atom. The fourth-order valence-electron chi connectivity index (χ4n) is 4.02. The molecular weight excluding hydrogens is 451 g/mol. The third-order valence-corrected chi connectivity index (χ3v) is 6.04. The molecule has 0 aliphatic rings. The highest BCUT2D eigenvalue weighted by atomic mass is 19.1. The minimum absolute atomic E-state index is 0.0162. The summed E-state index contributed by atoms with van der Waals surface area (Å²) >= 11 is 0. The van der Waals surface area contributed by atoms with Gasteiger partial charge >= 0.3 is 0 Å². The number of nitrogens with zero attached hydrogens (tertiary/aromatic N) is 2. The van der Waals surface area contributed by atoms with Crippen LogP contribution < -0.4 is 4.90 Å². The Kier molecular flexibility index (Phi) is 7.91. The predicted molar refractivity (Wildman–Crippen MR) is 141 cm³/mol. The molecule has 2 amide bonds. The summed E-state index contributed by atoms with van der Waals surface area (Å²) in [7, 11) is 1.79. The van der Waals surface area contributed by atoms with Crippen molar-refractivity contribution in [2.24, 2.45) is 0 Å². The zero-order valence-electron chi connectivity index (χ0n) is 20.5. The molecule has 0 atom stereocenters. The summed E-state index contributed by atoms with van der Waals surface area (Å²) in [5.74, 6) is -0.783. The van der Waals surface area contributed by atoms with E-state index in [0.29, 0.717) is 18.8 Å². The highest BCUT2D eigenvalue weighted by Crippen LogP contribution is 2.23. The molecule has 182 valence electrons. The van der Waals surface area contributed by atoms with Crippen molar-refractivity contribution in [3.8, 4) is 0 Å². The second-order valence-electron chi connectivity index (χ2n) is 8.97. The van der Waals surface area contributed by atoms with Crippen LogP contribution in [0.1, 0.15) is 32.6 Å². The zero-order valence-corrected chi connectivity index (χ0v) is 20.5. The molecule has 5 heteroatoms. The Labute approximate surface area is 211 Å². The molecule has 0 heterocycles. The molecule has 0 fully saturated rings. The molecular formula is C31H29FN2O2. The summed E-state index contributed by atoms with van der Waals surface area (Å²) < 4.78 is 13.9. The topological polar surface area (TPSA) is 40.6 Å². The van der Waals surface area contributed by atoms with Crippen molar-refractivity contribution in [3.05, 3.63) is 137 Å². The van der Waals surface area contributed by atoms with E-state index in [-0.39, 0.29) is 23.8 Å². The number of carbonyl (C=O) groups is 2. The first-order valence-electron chi connectivity index (χ1n) is 11.9. The van der Waals surface area contributed by atoms with Crippen LogP contribution in [0.2, 0.25) is 0 Å². The van der Waals surface area contributed by atoms with Crippen molar-refractivity contribution in [3.63, 3.8) is 0 Å². The van der Waals surface area contributed by atoms with E-state index in [4.69, 9.17) is 0 Å². The molecule has 0 unspecified atom stereocenters. The minimum Gasteiger partial charge on any atom is -0.341 e. The molecule has 4 aromatic carbocycles. The van der Waals surface area contributed by atoms with E-state index in [2.05, 4.69) is 0 Å². The molecule has 0 saturated carbocycles. The first kappa shape index (κ1) is 24.9. The summed E-state index contributed by atoms with van der Waals surface area (Å²) in [6, 6.07) is 30.9. The van der Waals surface area contributed by atoms with Gasteiger partial charge in [0.25, 0.3) is 5.91 Å². The maximum atomic E-state index is 13.9. The summed E-state index contributed by atoms with van der Waals surface area (Å²) in [6.45, 7) is 2.85. The van der Waals surface area contributed by atoms with Crippen LogP contribution in [0.5, 0.6) is 0 Å². The number of hydrogen-bond acceptors (Lipinski definition) is 2. The largest absolute Gasteiger partial charge is 0.341 e. The van der Waals surface area contributed by atoms with Gasteiger partial charge in [0.1, 0.15) is 5.82 Å². The number of likely N-dealkylation sites (N-methyl/N-ethyl adjacent to an activating group) is 1. The van der Waals surface area contributed by atoms with Gasteiger partial charge in [0.15, 0.2) is 0 Å². The van der Waals surface area contributed by atoms with E-state index in [9.17, 15) is 14.0 Å². The molecule has 4 aromatic rings. The van der Waals surface area contributed by atoms with Gasteiger partial charge in [-0.15, -0.1) is 0 Å². The molecule has 0 radical (unpaired) electrons. The third kappa shape index (κ3) is 6.45.